The van der Waals surface area contributed by atoms with Gasteiger partial charge in [0.15, 0.2) is 6.10 Å². The van der Waals surface area contributed by atoms with E-state index in [2.05, 4.69) is 32.6 Å². The lowest BCUT2D eigenvalue weighted by atomic mass is 9.91. The highest BCUT2D eigenvalue weighted by Crippen LogP contribution is 2.27. The van der Waals surface area contributed by atoms with Gasteiger partial charge in [0.2, 0.25) is 0 Å². The summed E-state index contributed by atoms with van der Waals surface area (Å²) in [6.07, 6.45) is 0.546. The average Bonchev–Trinajstić information content (AvgIpc) is 2.60. The summed E-state index contributed by atoms with van der Waals surface area (Å²) >= 11 is 0. The minimum atomic E-state index is -1.20. The van der Waals surface area contributed by atoms with Crippen molar-refractivity contribution in [3.63, 3.8) is 0 Å². The molecule has 23 heavy (non-hydrogen) atoms. The van der Waals surface area contributed by atoms with Crippen LogP contribution in [-0.4, -0.2) is 42.2 Å². The van der Waals surface area contributed by atoms with Crippen LogP contribution < -0.4 is 0 Å². The molecule has 0 saturated heterocycles. The molecule has 0 amide bonds. The van der Waals surface area contributed by atoms with Gasteiger partial charge in [0.05, 0.1) is 6.61 Å². The second-order valence-electron chi connectivity index (χ2n) is 5.89. The van der Waals surface area contributed by atoms with Gasteiger partial charge in [0.1, 0.15) is 0 Å². The molecule has 0 bridgehead atoms. The van der Waals surface area contributed by atoms with Crippen molar-refractivity contribution in [2.24, 2.45) is 0 Å². The Labute approximate surface area is 140 Å². The SMILES string of the molecule is CCC(C)c1ccccc1C(O)C(=O)OCCCN(CC)CC. The predicted molar refractivity (Wildman–Crippen MR) is 93.5 cm³/mol. The molecular formula is C19H31NO3. The lowest BCUT2D eigenvalue weighted by Crippen LogP contribution is -2.25. The number of esters is 1. The zero-order valence-electron chi connectivity index (χ0n) is 14.9. The summed E-state index contributed by atoms with van der Waals surface area (Å²) in [4.78, 5) is 14.4. The first-order chi connectivity index (χ1) is 11.0. The molecule has 2 unspecified atom stereocenters. The summed E-state index contributed by atoms with van der Waals surface area (Å²) in [6, 6.07) is 7.56. The molecule has 130 valence electrons. The van der Waals surface area contributed by atoms with Crippen molar-refractivity contribution in [3.05, 3.63) is 35.4 Å². The summed E-state index contributed by atoms with van der Waals surface area (Å²) in [5.41, 5.74) is 1.68. The summed E-state index contributed by atoms with van der Waals surface area (Å²) in [7, 11) is 0. The number of aliphatic hydroxyl groups is 1. The highest BCUT2D eigenvalue weighted by molar-refractivity contribution is 5.76. The molecule has 4 nitrogen and oxygen atoms in total. The molecule has 1 rings (SSSR count). The van der Waals surface area contributed by atoms with Gasteiger partial charge in [-0.25, -0.2) is 4.79 Å². The molecule has 1 aromatic rings. The fourth-order valence-electron chi connectivity index (χ4n) is 2.64. The topological polar surface area (TPSA) is 49.8 Å². The van der Waals surface area contributed by atoms with E-state index in [1.54, 1.807) is 0 Å². The summed E-state index contributed by atoms with van der Waals surface area (Å²) < 4.78 is 5.25. The maximum atomic E-state index is 12.1. The van der Waals surface area contributed by atoms with Crippen LogP contribution in [0.2, 0.25) is 0 Å². The number of carbonyl (C=O) groups excluding carboxylic acids is 1. The van der Waals surface area contributed by atoms with E-state index >= 15 is 0 Å². The van der Waals surface area contributed by atoms with Crippen molar-refractivity contribution in [1.82, 2.24) is 4.90 Å². The first-order valence-corrected chi connectivity index (χ1v) is 8.70. The summed E-state index contributed by atoms with van der Waals surface area (Å²) in [5.74, 6) is -0.253. The normalized spacial score (nSPS) is 13.8. The van der Waals surface area contributed by atoms with Crippen LogP contribution in [0.5, 0.6) is 0 Å². The van der Waals surface area contributed by atoms with Gasteiger partial charge in [-0.3, -0.25) is 0 Å². The molecule has 4 heteroatoms. The van der Waals surface area contributed by atoms with Crippen LogP contribution in [0.1, 0.15) is 63.7 Å². The van der Waals surface area contributed by atoms with Gasteiger partial charge in [-0.05, 0) is 43.0 Å². The smallest absolute Gasteiger partial charge is 0.339 e. The number of aliphatic hydroxyl groups excluding tert-OH is 1. The number of benzene rings is 1. The molecule has 0 radical (unpaired) electrons. The molecule has 0 spiro atoms. The third kappa shape index (κ3) is 5.96. The van der Waals surface area contributed by atoms with Crippen molar-refractivity contribution in [3.8, 4) is 0 Å². The predicted octanol–water partition coefficient (Wildman–Crippen LogP) is 3.51. The highest BCUT2D eigenvalue weighted by atomic mass is 16.5. The van der Waals surface area contributed by atoms with Gasteiger partial charge < -0.3 is 14.7 Å². The Bertz CT molecular complexity index is 471. The number of ether oxygens (including phenoxy) is 1. The molecule has 0 fully saturated rings. The molecule has 0 aliphatic heterocycles. The monoisotopic (exact) mass is 321 g/mol. The Morgan fingerprint density at radius 2 is 1.78 bits per heavy atom. The molecule has 0 aliphatic rings. The Kier molecular flexibility index (Phi) is 8.89. The van der Waals surface area contributed by atoms with Crippen molar-refractivity contribution in [1.29, 1.82) is 0 Å². The Morgan fingerprint density at radius 3 is 2.35 bits per heavy atom. The maximum absolute atomic E-state index is 12.1. The third-order valence-electron chi connectivity index (χ3n) is 4.41. The Hall–Kier alpha value is -1.39. The van der Waals surface area contributed by atoms with E-state index in [4.69, 9.17) is 4.74 Å². The van der Waals surface area contributed by atoms with Crippen molar-refractivity contribution in [2.45, 2.75) is 52.6 Å². The molecule has 0 saturated carbocycles. The van der Waals surface area contributed by atoms with Gasteiger partial charge in [0, 0.05) is 6.54 Å². The van der Waals surface area contributed by atoms with E-state index < -0.39 is 12.1 Å². The molecule has 1 aromatic carbocycles. The molecule has 0 heterocycles. The van der Waals surface area contributed by atoms with Crippen LogP contribution >= 0.6 is 0 Å². The van der Waals surface area contributed by atoms with E-state index in [-0.39, 0.29) is 0 Å². The average molecular weight is 321 g/mol. The Morgan fingerprint density at radius 1 is 1.17 bits per heavy atom. The van der Waals surface area contributed by atoms with Gasteiger partial charge in [0.25, 0.3) is 0 Å². The fourth-order valence-corrected chi connectivity index (χ4v) is 2.64. The van der Waals surface area contributed by atoms with Crippen LogP contribution in [0.25, 0.3) is 0 Å². The summed E-state index contributed by atoms with van der Waals surface area (Å²) in [5, 5.41) is 10.3. The quantitative estimate of drug-likeness (QED) is 0.529. The zero-order chi connectivity index (χ0) is 17.2. The molecule has 1 N–H and O–H groups in total. The maximum Gasteiger partial charge on any atom is 0.339 e. The Balaban J connectivity index is 2.57. The van der Waals surface area contributed by atoms with Crippen molar-refractivity contribution >= 4 is 5.97 Å². The van der Waals surface area contributed by atoms with Crippen LogP contribution in [0.4, 0.5) is 0 Å². The molecule has 0 aromatic heterocycles. The second kappa shape index (κ2) is 10.4. The number of hydrogen-bond acceptors (Lipinski definition) is 4. The van der Waals surface area contributed by atoms with Crippen molar-refractivity contribution < 1.29 is 14.6 Å². The van der Waals surface area contributed by atoms with E-state index in [1.807, 2.05) is 24.3 Å². The molecule has 2 atom stereocenters. The van der Waals surface area contributed by atoms with E-state index in [9.17, 15) is 9.90 Å². The van der Waals surface area contributed by atoms with E-state index in [1.165, 1.54) is 0 Å². The minimum absolute atomic E-state index is 0.302. The standard InChI is InChI=1S/C19H31NO3/c1-5-15(4)16-11-8-9-12-17(16)18(21)19(22)23-14-10-13-20(6-2)7-3/h8-9,11-12,15,18,21H,5-7,10,13-14H2,1-4H3. The minimum Gasteiger partial charge on any atom is -0.463 e. The fraction of sp³-hybridized carbons (Fsp3) is 0.632. The van der Waals surface area contributed by atoms with Gasteiger partial charge >= 0.3 is 5.97 Å². The molecule has 0 aliphatic carbocycles. The van der Waals surface area contributed by atoms with Crippen LogP contribution in [0.15, 0.2) is 24.3 Å². The van der Waals surface area contributed by atoms with Gasteiger partial charge in [-0.15, -0.1) is 0 Å². The lowest BCUT2D eigenvalue weighted by molar-refractivity contribution is -0.154. The third-order valence-corrected chi connectivity index (χ3v) is 4.41. The number of carbonyl (C=O) groups is 1. The van der Waals surface area contributed by atoms with E-state index in [0.29, 0.717) is 18.1 Å². The number of hydrogen-bond donors (Lipinski definition) is 1. The van der Waals surface area contributed by atoms with Crippen molar-refractivity contribution in [2.75, 3.05) is 26.2 Å². The first kappa shape index (κ1) is 19.7. The largest absolute Gasteiger partial charge is 0.463 e. The number of nitrogens with zero attached hydrogens (tertiary/aromatic N) is 1. The summed E-state index contributed by atoms with van der Waals surface area (Å²) in [6.45, 7) is 11.7. The van der Waals surface area contributed by atoms with Gasteiger partial charge in [-0.2, -0.15) is 0 Å². The van der Waals surface area contributed by atoms with Gasteiger partial charge in [-0.1, -0.05) is 52.0 Å². The van der Waals surface area contributed by atoms with Crippen LogP contribution in [0, 0.1) is 0 Å². The lowest BCUT2D eigenvalue weighted by Gasteiger charge is -2.19. The van der Waals surface area contributed by atoms with Crippen LogP contribution in [0.3, 0.4) is 0 Å². The highest BCUT2D eigenvalue weighted by Gasteiger charge is 2.23. The van der Waals surface area contributed by atoms with E-state index in [0.717, 1.165) is 38.0 Å². The zero-order valence-corrected chi connectivity index (χ0v) is 14.9. The van der Waals surface area contributed by atoms with Crippen LogP contribution in [-0.2, 0) is 9.53 Å². The number of rotatable bonds is 10. The second-order valence-corrected chi connectivity index (χ2v) is 5.89. The first-order valence-electron chi connectivity index (χ1n) is 8.70. The molecular weight excluding hydrogens is 290 g/mol.